The molecule has 1 saturated heterocycles. The SMILES string of the molecule is CCCCCCCCCCCCCCCCOCC(COC)COP(=O)(O)OCC[N+]1(C)CCCCC1. The van der Waals surface area contributed by atoms with Gasteiger partial charge in [0.2, 0.25) is 0 Å². The Morgan fingerprint density at radius 1 is 0.730 bits per heavy atom. The van der Waals surface area contributed by atoms with Crippen LogP contribution in [0.5, 0.6) is 0 Å². The zero-order valence-corrected chi connectivity index (χ0v) is 25.5. The fraction of sp³-hybridized carbons (Fsp3) is 1.00. The van der Waals surface area contributed by atoms with Crippen LogP contribution in [0.3, 0.4) is 0 Å². The molecule has 0 bridgehead atoms. The number of rotatable bonds is 26. The van der Waals surface area contributed by atoms with E-state index in [1.807, 2.05) is 0 Å². The van der Waals surface area contributed by atoms with Crippen LogP contribution < -0.4 is 0 Å². The van der Waals surface area contributed by atoms with Crippen LogP contribution in [0.4, 0.5) is 0 Å². The van der Waals surface area contributed by atoms with E-state index in [0.717, 1.165) is 30.5 Å². The van der Waals surface area contributed by atoms with Gasteiger partial charge in [-0.05, 0) is 25.7 Å². The van der Waals surface area contributed by atoms with Gasteiger partial charge in [-0.25, -0.2) is 4.57 Å². The maximum atomic E-state index is 12.3. The van der Waals surface area contributed by atoms with Crippen LogP contribution in [0.1, 0.15) is 116 Å². The number of likely N-dealkylation sites (tertiary alicyclic amines) is 1. The largest absolute Gasteiger partial charge is 0.472 e. The van der Waals surface area contributed by atoms with Crippen LogP contribution in [-0.2, 0) is 23.1 Å². The second-order valence-corrected chi connectivity index (χ2v) is 12.9. The molecule has 0 amide bonds. The number of phosphoric acid groups is 1. The van der Waals surface area contributed by atoms with Gasteiger partial charge in [0.05, 0.1) is 40.0 Å². The van der Waals surface area contributed by atoms with Crippen molar-refractivity contribution in [2.75, 3.05) is 66.8 Å². The molecule has 222 valence electrons. The minimum atomic E-state index is -4.06. The average molecular weight is 551 g/mol. The number of phosphoric ester groups is 1. The van der Waals surface area contributed by atoms with Crippen molar-refractivity contribution in [1.29, 1.82) is 0 Å². The van der Waals surface area contributed by atoms with Gasteiger partial charge in [0.25, 0.3) is 0 Å². The maximum Gasteiger partial charge on any atom is 0.472 e. The number of ether oxygens (including phenoxy) is 2. The zero-order chi connectivity index (χ0) is 27.1. The van der Waals surface area contributed by atoms with Crippen molar-refractivity contribution < 1.29 is 32.5 Å². The van der Waals surface area contributed by atoms with Crippen molar-refractivity contribution in [3.63, 3.8) is 0 Å². The van der Waals surface area contributed by atoms with E-state index in [1.54, 1.807) is 7.11 Å². The van der Waals surface area contributed by atoms with Gasteiger partial charge in [0.1, 0.15) is 13.2 Å². The molecule has 37 heavy (non-hydrogen) atoms. The van der Waals surface area contributed by atoms with E-state index < -0.39 is 7.82 Å². The molecule has 0 radical (unpaired) electrons. The standard InChI is InChI=1S/C29H60NO6P/c1-4-5-6-7-8-9-10-11-12-13-14-15-16-20-24-34-27-29(26-33-3)28-36-37(31,32)35-25-23-30(2)21-18-17-19-22-30/h29H,4-28H2,1-3H3/p+1. The van der Waals surface area contributed by atoms with Gasteiger partial charge >= 0.3 is 7.82 Å². The molecule has 8 heteroatoms. The van der Waals surface area contributed by atoms with Crippen LogP contribution in [0.25, 0.3) is 0 Å². The number of hydrogen-bond donors (Lipinski definition) is 1. The summed E-state index contributed by atoms with van der Waals surface area (Å²) >= 11 is 0. The third-order valence-corrected chi connectivity index (χ3v) is 8.64. The summed E-state index contributed by atoms with van der Waals surface area (Å²) in [6.07, 6.45) is 22.5. The molecule has 0 aliphatic carbocycles. The minimum absolute atomic E-state index is 0.0898. The molecule has 1 aliphatic heterocycles. The molecule has 1 N–H and O–H groups in total. The molecule has 1 heterocycles. The monoisotopic (exact) mass is 550 g/mol. The molecule has 1 rings (SSSR count). The summed E-state index contributed by atoms with van der Waals surface area (Å²) < 4.78 is 34.8. The number of hydrogen-bond acceptors (Lipinski definition) is 5. The fourth-order valence-electron chi connectivity index (χ4n) is 5.14. The second kappa shape index (κ2) is 22.8. The lowest BCUT2D eigenvalue weighted by atomic mass is 10.0. The first-order valence-electron chi connectivity index (χ1n) is 15.4. The molecule has 2 unspecified atom stereocenters. The van der Waals surface area contributed by atoms with Crippen molar-refractivity contribution in [3.05, 3.63) is 0 Å². The highest BCUT2D eigenvalue weighted by atomic mass is 31.2. The van der Waals surface area contributed by atoms with E-state index in [0.29, 0.717) is 19.8 Å². The highest BCUT2D eigenvalue weighted by Gasteiger charge is 2.28. The van der Waals surface area contributed by atoms with Crippen molar-refractivity contribution >= 4 is 7.82 Å². The Hall–Kier alpha value is -0.0100. The average Bonchev–Trinajstić information content (AvgIpc) is 2.87. The maximum absolute atomic E-state index is 12.3. The summed E-state index contributed by atoms with van der Waals surface area (Å²) in [5.74, 6) is -0.0904. The van der Waals surface area contributed by atoms with Gasteiger partial charge in [-0.2, -0.15) is 0 Å². The Balaban J connectivity index is 1.99. The summed E-state index contributed by atoms with van der Waals surface area (Å²) in [6.45, 7) is 7.13. The van der Waals surface area contributed by atoms with Crippen LogP contribution in [0, 0.1) is 5.92 Å². The Morgan fingerprint density at radius 3 is 1.81 bits per heavy atom. The van der Waals surface area contributed by atoms with E-state index in [4.69, 9.17) is 18.5 Å². The summed E-state index contributed by atoms with van der Waals surface area (Å²) in [5, 5.41) is 0. The van der Waals surface area contributed by atoms with E-state index in [1.165, 1.54) is 103 Å². The first-order valence-corrected chi connectivity index (χ1v) is 16.9. The molecule has 1 fully saturated rings. The van der Waals surface area contributed by atoms with Crippen LogP contribution in [-0.4, -0.2) is 76.2 Å². The lowest BCUT2D eigenvalue weighted by Crippen LogP contribution is -2.49. The van der Waals surface area contributed by atoms with E-state index >= 15 is 0 Å². The molecule has 7 nitrogen and oxygen atoms in total. The van der Waals surface area contributed by atoms with Gasteiger partial charge < -0.3 is 18.9 Å². The molecule has 0 aromatic carbocycles. The molecule has 0 spiro atoms. The third kappa shape index (κ3) is 20.5. The van der Waals surface area contributed by atoms with Crippen molar-refractivity contribution in [2.45, 2.75) is 116 Å². The van der Waals surface area contributed by atoms with Crippen molar-refractivity contribution in [2.24, 2.45) is 5.92 Å². The quantitative estimate of drug-likeness (QED) is 0.0682. The lowest BCUT2D eigenvalue weighted by Gasteiger charge is -2.37. The van der Waals surface area contributed by atoms with E-state index in [2.05, 4.69) is 14.0 Å². The topological polar surface area (TPSA) is 74.2 Å². The highest BCUT2D eigenvalue weighted by molar-refractivity contribution is 7.47. The Kier molecular flexibility index (Phi) is 21.5. The van der Waals surface area contributed by atoms with Gasteiger partial charge in [0.15, 0.2) is 0 Å². The molecule has 2 atom stereocenters. The molecule has 1 aliphatic rings. The van der Waals surface area contributed by atoms with Gasteiger partial charge in [0, 0.05) is 19.6 Å². The van der Waals surface area contributed by atoms with Crippen LogP contribution >= 0.6 is 7.82 Å². The van der Waals surface area contributed by atoms with E-state index in [-0.39, 0.29) is 19.1 Å². The van der Waals surface area contributed by atoms with Gasteiger partial charge in [-0.3, -0.25) is 9.05 Å². The second-order valence-electron chi connectivity index (χ2n) is 11.4. The van der Waals surface area contributed by atoms with Crippen molar-refractivity contribution in [3.8, 4) is 0 Å². The smallest absolute Gasteiger partial charge is 0.384 e. The summed E-state index contributed by atoms with van der Waals surface area (Å²) in [6, 6.07) is 0. The normalized spacial score (nSPS) is 18.1. The van der Waals surface area contributed by atoms with Crippen molar-refractivity contribution in [1.82, 2.24) is 0 Å². The predicted molar refractivity (Wildman–Crippen MR) is 153 cm³/mol. The molecule has 0 aromatic heterocycles. The molecule has 0 saturated carbocycles. The lowest BCUT2D eigenvalue weighted by molar-refractivity contribution is -0.914. The zero-order valence-electron chi connectivity index (χ0n) is 24.6. The Labute approximate surface area is 229 Å². The molecular weight excluding hydrogens is 489 g/mol. The van der Waals surface area contributed by atoms with E-state index in [9.17, 15) is 9.46 Å². The number of nitrogens with zero attached hydrogens (tertiary/aromatic N) is 1. The van der Waals surface area contributed by atoms with Crippen LogP contribution in [0.15, 0.2) is 0 Å². The number of piperidine rings is 1. The summed E-state index contributed by atoms with van der Waals surface area (Å²) in [7, 11) is -0.251. The van der Waals surface area contributed by atoms with Gasteiger partial charge in [-0.1, -0.05) is 90.4 Å². The summed E-state index contributed by atoms with van der Waals surface area (Å²) in [5.41, 5.74) is 0. The first kappa shape index (κ1) is 35.0. The first-order chi connectivity index (χ1) is 17.9. The molecular formula is C29H61NO6P+. The van der Waals surface area contributed by atoms with Gasteiger partial charge in [-0.15, -0.1) is 0 Å². The summed E-state index contributed by atoms with van der Waals surface area (Å²) in [4.78, 5) is 10.1. The fourth-order valence-corrected chi connectivity index (χ4v) is 5.93. The highest BCUT2D eigenvalue weighted by Crippen LogP contribution is 2.43. The molecule has 0 aromatic rings. The number of unbranched alkanes of at least 4 members (excludes halogenated alkanes) is 13. The number of likely N-dealkylation sites (N-methyl/N-ethyl adjacent to an activating group) is 1. The number of methoxy groups -OCH3 is 1. The Bertz CT molecular complexity index is 559. The predicted octanol–water partition coefficient (Wildman–Crippen LogP) is 7.51. The van der Waals surface area contributed by atoms with Crippen LogP contribution in [0.2, 0.25) is 0 Å². The minimum Gasteiger partial charge on any atom is -0.384 e. The number of quaternary nitrogens is 1. The third-order valence-electron chi connectivity index (χ3n) is 7.65. The Morgan fingerprint density at radius 2 is 1.27 bits per heavy atom.